The number of thiazole rings is 1. The maximum atomic E-state index is 13.3. The van der Waals surface area contributed by atoms with Crippen molar-refractivity contribution in [3.05, 3.63) is 74.3 Å². The van der Waals surface area contributed by atoms with Crippen molar-refractivity contribution >= 4 is 33.8 Å². The maximum absolute atomic E-state index is 13.3. The molecule has 0 radical (unpaired) electrons. The number of ether oxygens (including phenoxy) is 1. The number of aryl methyl sites for hydroxylation is 1. The summed E-state index contributed by atoms with van der Waals surface area (Å²) in [6, 6.07) is 7.80. The normalized spacial score (nSPS) is 11.3. The Kier molecular flexibility index (Phi) is 6.49. The van der Waals surface area contributed by atoms with Gasteiger partial charge in [0, 0.05) is 24.4 Å². The molecule has 168 valence electrons. The largest absolute Gasteiger partial charge is 0.487 e. The van der Waals surface area contributed by atoms with E-state index in [-0.39, 0.29) is 12.5 Å². The van der Waals surface area contributed by atoms with Crippen molar-refractivity contribution in [2.45, 2.75) is 33.6 Å². The topological polar surface area (TPSA) is 85.6 Å². The third-order valence-electron chi connectivity index (χ3n) is 4.72. The van der Waals surface area contributed by atoms with E-state index >= 15 is 0 Å². The summed E-state index contributed by atoms with van der Waals surface area (Å²) in [6.07, 6.45) is -4.83. The highest BCUT2D eigenvalue weighted by molar-refractivity contribution is 7.14. The Labute approximate surface area is 185 Å². The summed E-state index contributed by atoms with van der Waals surface area (Å²) >= 11 is 1.15. The molecule has 0 spiro atoms. The van der Waals surface area contributed by atoms with Crippen LogP contribution in [0.25, 0.3) is 0 Å². The number of nitro groups is 1. The second-order valence-corrected chi connectivity index (χ2v) is 7.76. The monoisotopic (exact) mass is 465 g/mol. The van der Waals surface area contributed by atoms with Crippen molar-refractivity contribution in [3.8, 4) is 5.75 Å². The fourth-order valence-electron chi connectivity index (χ4n) is 2.98. The molecule has 0 saturated heterocycles. The van der Waals surface area contributed by atoms with Crippen LogP contribution in [0.3, 0.4) is 0 Å². The van der Waals surface area contributed by atoms with Crippen molar-refractivity contribution in [1.29, 1.82) is 0 Å². The molecule has 0 aliphatic carbocycles. The Balaban J connectivity index is 1.86. The van der Waals surface area contributed by atoms with Crippen LogP contribution in [0.2, 0.25) is 0 Å². The van der Waals surface area contributed by atoms with Gasteiger partial charge in [0.25, 0.3) is 5.69 Å². The van der Waals surface area contributed by atoms with Crippen molar-refractivity contribution in [1.82, 2.24) is 4.98 Å². The minimum absolute atomic E-state index is 0.268. The number of aromatic nitrogens is 1. The summed E-state index contributed by atoms with van der Waals surface area (Å²) in [6.45, 7) is 4.88. The van der Waals surface area contributed by atoms with Gasteiger partial charge in [-0.25, -0.2) is 4.98 Å². The van der Waals surface area contributed by atoms with E-state index in [1.54, 1.807) is 11.4 Å². The third kappa shape index (κ3) is 4.88. The molecule has 3 aromatic rings. The number of carbonyl (C=O) groups is 1. The van der Waals surface area contributed by atoms with Gasteiger partial charge in [0.1, 0.15) is 17.9 Å². The van der Waals surface area contributed by atoms with Crippen molar-refractivity contribution in [2.75, 3.05) is 4.90 Å². The number of nitro benzene ring substituents is 1. The van der Waals surface area contributed by atoms with Crippen LogP contribution in [0, 0.1) is 24.0 Å². The van der Waals surface area contributed by atoms with E-state index in [0.717, 1.165) is 34.6 Å². The number of hydrogen-bond donors (Lipinski definition) is 0. The van der Waals surface area contributed by atoms with Crippen molar-refractivity contribution < 1.29 is 27.6 Å². The van der Waals surface area contributed by atoms with Gasteiger partial charge in [0.05, 0.1) is 16.3 Å². The van der Waals surface area contributed by atoms with E-state index in [1.807, 2.05) is 26.0 Å². The number of benzene rings is 2. The van der Waals surface area contributed by atoms with Crippen LogP contribution in [0.4, 0.5) is 29.7 Å². The Morgan fingerprint density at radius 2 is 1.97 bits per heavy atom. The molecule has 0 bridgehead atoms. The summed E-state index contributed by atoms with van der Waals surface area (Å²) in [4.78, 5) is 28.0. The predicted molar refractivity (Wildman–Crippen MR) is 113 cm³/mol. The first kappa shape index (κ1) is 23.2. The number of carbonyl (C=O) groups excluding carboxylic acids is 1. The quantitative estimate of drug-likeness (QED) is 0.332. The highest BCUT2D eigenvalue weighted by Gasteiger charge is 2.36. The first-order valence-corrected chi connectivity index (χ1v) is 10.2. The Hall–Kier alpha value is -3.47. The molecule has 1 amide bonds. The molecule has 3 rings (SSSR count). The van der Waals surface area contributed by atoms with Crippen LogP contribution >= 0.6 is 11.3 Å². The zero-order chi connectivity index (χ0) is 23.6. The van der Waals surface area contributed by atoms with E-state index in [4.69, 9.17) is 4.74 Å². The smallest absolute Gasteiger partial charge is 0.420 e. The fraction of sp³-hybridized carbons (Fsp3) is 0.238. The number of rotatable bonds is 6. The highest BCUT2D eigenvalue weighted by atomic mass is 32.1. The summed E-state index contributed by atoms with van der Waals surface area (Å²) in [7, 11) is 0. The molecule has 0 fully saturated rings. The van der Waals surface area contributed by atoms with Gasteiger partial charge in [-0.15, -0.1) is 11.3 Å². The first-order valence-electron chi connectivity index (χ1n) is 9.28. The van der Waals surface area contributed by atoms with Crippen LogP contribution < -0.4 is 9.64 Å². The third-order valence-corrected chi connectivity index (χ3v) is 5.59. The van der Waals surface area contributed by atoms with Gasteiger partial charge in [-0.1, -0.05) is 12.1 Å². The van der Waals surface area contributed by atoms with Crippen molar-refractivity contribution in [2.24, 2.45) is 0 Å². The number of non-ortho nitro benzene ring substituents is 1. The number of amides is 1. The second-order valence-electron chi connectivity index (χ2n) is 6.92. The van der Waals surface area contributed by atoms with Crippen LogP contribution in [-0.4, -0.2) is 15.8 Å². The first-order chi connectivity index (χ1) is 15.0. The number of hydrogen-bond acceptors (Lipinski definition) is 6. The number of halogens is 3. The molecule has 0 N–H and O–H groups in total. The molecule has 11 heteroatoms. The summed E-state index contributed by atoms with van der Waals surface area (Å²) in [5, 5.41) is 12.7. The second kappa shape index (κ2) is 8.95. The summed E-state index contributed by atoms with van der Waals surface area (Å²) in [5.74, 6) is -0.814. The maximum Gasteiger partial charge on any atom is 0.420 e. The van der Waals surface area contributed by atoms with Gasteiger partial charge < -0.3 is 4.74 Å². The lowest BCUT2D eigenvalue weighted by molar-refractivity contribution is -0.385. The number of alkyl halides is 3. The Morgan fingerprint density at radius 1 is 1.25 bits per heavy atom. The van der Waals surface area contributed by atoms with Crippen LogP contribution in [0.5, 0.6) is 5.75 Å². The molecule has 1 aromatic heterocycles. The Bertz CT molecular complexity index is 1180. The molecular formula is C21H18F3N3O4S. The molecule has 0 aliphatic rings. The number of nitrogens with zero attached hydrogens (tertiary/aromatic N) is 3. The molecule has 7 nitrogen and oxygen atoms in total. The molecule has 0 saturated carbocycles. The van der Waals surface area contributed by atoms with E-state index in [0.29, 0.717) is 22.6 Å². The van der Waals surface area contributed by atoms with Gasteiger partial charge in [0.2, 0.25) is 5.91 Å². The summed E-state index contributed by atoms with van der Waals surface area (Å²) in [5.41, 5.74) is 0.930. The average Bonchev–Trinajstić information content (AvgIpc) is 3.17. The van der Waals surface area contributed by atoms with Crippen LogP contribution in [0.15, 0.2) is 41.8 Å². The minimum Gasteiger partial charge on any atom is -0.487 e. The van der Waals surface area contributed by atoms with Gasteiger partial charge in [-0.3, -0.25) is 19.8 Å². The van der Waals surface area contributed by atoms with E-state index < -0.39 is 28.1 Å². The lowest BCUT2D eigenvalue weighted by atomic mass is 10.1. The lowest BCUT2D eigenvalue weighted by Gasteiger charge is -2.21. The molecule has 0 aliphatic heterocycles. The molecule has 32 heavy (non-hydrogen) atoms. The van der Waals surface area contributed by atoms with Gasteiger partial charge in [-0.05, 0) is 37.1 Å². The summed E-state index contributed by atoms with van der Waals surface area (Å²) < 4.78 is 45.2. The molecule has 0 atom stereocenters. The van der Waals surface area contributed by atoms with Gasteiger partial charge in [-0.2, -0.15) is 13.2 Å². The highest BCUT2D eigenvalue weighted by Crippen LogP contribution is 2.39. The zero-order valence-electron chi connectivity index (χ0n) is 17.3. The average molecular weight is 465 g/mol. The minimum atomic E-state index is -4.83. The Morgan fingerprint density at radius 3 is 2.59 bits per heavy atom. The number of anilines is 2. The predicted octanol–water partition coefficient (Wildman–Crippen LogP) is 5.95. The van der Waals surface area contributed by atoms with E-state index in [2.05, 4.69) is 4.98 Å². The van der Waals surface area contributed by atoms with Crippen molar-refractivity contribution in [3.63, 3.8) is 0 Å². The fourth-order valence-corrected chi connectivity index (χ4v) is 3.85. The molecule has 0 unspecified atom stereocenters. The van der Waals surface area contributed by atoms with E-state index in [1.165, 1.54) is 11.8 Å². The molecular weight excluding hydrogens is 447 g/mol. The van der Waals surface area contributed by atoms with Crippen LogP contribution in [0.1, 0.15) is 29.3 Å². The van der Waals surface area contributed by atoms with E-state index in [9.17, 15) is 28.1 Å². The van der Waals surface area contributed by atoms with Crippen LogP contribution in [-0.2, 0) is 17.6 Å². The zero-order valence-corrected chi connectivity index (χ0v) is 18.1. The standard InChI is InChI=1S/C21H18F3N3O4S/c1-12-5-4-6-18(13(12)2)26(14(3)28)20-25-15(11-32-20)10-31-19-8-7-16(27(29)30)9-17(19)21(22,23)24/h4-9,11H,10H2,1-3H3. The lowest BCUT2D eigenvalue weighted by Crippen LogP contribution is -2.23. The van der Waals surface area contributed by atoms with Gasteiger partial charge >= 0.3 is 6.18 Å². The van der Waals surface area contributed by atoms with Gasteiger partial charge in [0.15, 0.2) is 5.13 Å². The molecule has 1 heterocycles. The SMILES string of the molecule is CC(=O)N(c1nc(COc2ccc([N+](=O)[O-])cc2C(F)(F)F)cs1)c1cccc(C)c1C. The molecule has 2 aromatic carbocycles.